The van der Waals surface area contributed by atoms with Gasteiger partial charge in [-0.2, -0.15) is 4.89 Å². The quantitative estimate of drug-likeness (QED) is 0.370. The Bertz CT molecular complexity index is 148. The minimum atomic E-state index is -2.30. The second kappa shape index (κ2) is 3.82. The molecular weight excluding hydrogens is 146 g/mol. The Morgan fingerprint density at radius 1 is 2.00 bits per heavy atom. The minimum absolute atomic E-state index is 0.0230. The first-order valence-electron chi connectivity index (χ1n) is 1.83. The van der Waals surface area contributed by atoms with Crippen LogP contribution in [-0.4, -0.2) is 10.8 Å². The molecule has 0 aliphatic rings. The predicted octanol–water partition coefficient (Wildman–Crippen LogP) is 1.63. The highest BCUT2D eigenvalue weighted by Crippen LogP contribution is 2.25. The third-order valence-corrected chi connectivity index (χ3v) is 1.79. The zero-order chi connectivity index (χ0) is 6.57. The van der Waals surface area contributed by atoms with Crippen molar-refractivity contribution in [3.05, 3.63) is 17.6 Å². The van der Waals surface area contributed by atoms with E-state index in [1.807, 2.05) is 0 Å². The van der Waals surface area contributed by atoms with Crippen molar-refractivity contribution in [2.24, 2.45) is 0 Å². The van der Waals surface area contributed by atoms with Crippen molar-refractivity contribution in [1.29, 1.82) is 0 Å². The third-order valence-electron chi connectivity index (χ3n) is 0.562. The average Bonchev–Trinajstić information content (AvgIpc) is 1.69. The zero-order valence-electron chi connectivity index (χ0n) is 4.09. The lowest BCUT2D eigenvalue weighted by molar-refractivity contribution is 0.510. The Morgan fingerprint density at radius 3 is 2.50 bits per heavy atom. The fourth-order valence-corrected chi connectivity index (χ4v) is 0.805. The van der Waals surface area contributed by atoms with Crippen LogP contribution in [0.25, 0.3) is 0 Å². The lowest BCUT2D eigenvalue weighted by atomic mass is 10.7. The van der Waals surface area contributed by atoms with Crippen molar-refractivity contribution in [2.75, 3.05) is 5.88 Å². The summed E-state index contributed by atoms with van der Waals surface area (Å²) >= 11 is 5.18. The van der Waals surface area contributed by atoms with E-state index in [2.05, 4.69) is 12.3 Å². The molecule has 0 fully saturated rings. The van der Waals surface area contributed by atoms with Crippen LogP contribution in [-0.2, 0) is 4.57 Å². The zero-order valence-corrected chi connectivity index (χ0v) is 5.75. The topological polar surface area (TPSA) is 37.3 Å². The van der Waals surface area contributed by atoms with Gasteiger partial charge < -0.3 is 0 Å². The largest absolute Gasteiger partial charge is 0.551 e. The highest BCUT2D eigenvalue weighted by Gasteiger charge is 2.17. The summed E-state index contributed by atoms with van der Waals surface area (Å²) in [5.74, 6) is 0.0230. The standard InChI is InChI=1S/C4H4ClO2P/c1-2-4(3-5)8(6)7/h1,3H2/p+1. The van der Waals surface area contributed by atoms with E-state index in [1.165, 1.54) is 0 Å². The lowest BCUT2D eigenvalue weighted by Crippen LogP contribution is -1.71. The molecule has 4 heteroatoms. The fourth-order valence-electron chi connectivity index (χ4n) is 0.166. The molecule has 0 aromatic heterocycles. The van der Waals surface area contributed by atoms with Gasteiger partial charge in [-0.15, -0.1) is 11.6 Å². The van der Waals surface area contributed by atoms with E-state index in [-0.39, 0.29) is 11.2 Å². The third kappa shape index (κ3) is 2.25. The van der Waals surface area contributed by atoms with Gasteiger partial charge in [0, 0.05) is 0 Å². The predicted molar refractivity (Wildman–Crippen MR) is 33.2 cm³/mol. The van der Waals surface area contributed by atoms with E-state index in [9.17, 15) is 4.57 Å². The van der Waals surface area contributed by atoms with Gasteiger partial charge in [0.15, 0.2) is 0 Å². The van der Waals surface area contributed by atoms with Crippen molar-refractivity contribution in [3.63, 3.8) is 0 Å². The molecule has 2 nitrogen and oxygen atoms in total. The monoisotopic (exact) mass is 151 g/mol. The number of hydrogen-bond acceptors (Lipinski definition) is 1. The molecule has 0 aliphatic heterocycles. The average molecular weight is 152 g/mol. The van der Waals surface area contributed by atoms with Crippen molar-refractivity contribution >= 4 is 19.6 Å². The van der Waals surface area contributed by atoms with Gasteiger partial charge >= 0.3 is 8.03 Å². The van der Waals surface area contributed by atoms with Crippen LogP contribution in [0.5, 0.6) is 0 Å². The summed E-state index contributed by atoms with van der Waals surface area (Å²) in [7, 11) is -2.30. The summed E-state index contributed by atoms with van der Waals surface area (Å²) in [6, 6.07) is 0. The molecule has 0 saturated carbocycles. The first-order valence-corrected chi connectivity index (χ1v) is 3.58. The van der Waals surface area contributed by atoms with Crippen LogP contribution >= 0.6 is 19.6 Å². The summed E-state index contributed by atoms with van der Waals surface area (Å²) in [6.07, 6.45) is 0. The molecule has 0 amide bonds. The molecule has 44 valence electrons. The van der Waals surface area contributed by atoms with E-state index in [0.29, 0.717) is 0 Å². The van der Waals surface area contributed by atoms with Crippen LogP contribution < -0.4 is 0 Å². The van der Waals surface area contributed by atoms with Crippen molar-refractivity contribution < 1.29 is 9.46 Å². The van der Waals surface area contributed by atoms with Crippen LogP contribution in [0.15, 0.2) is 17.6 Å². The smallest absolute Gasteiger partial charge is 0.156 e. The van der Waals surface area contributed by atoms with Crippen LogP contribution in [0.4, 0.5) is 0 Å². The Hall–Kier alpha value is -0.130. The molecule has 0 spiro atoms. The number of halogens is 1. The van der Waals surface area contributed by atoms with Gasteiger partial charge in [-0.3, -0.25) is 0 Å². The van der Waals surface area contributed by atoms with Gasteiger partial charge in [0.2, 0.25) is 0 Å². The summed E-state index contributed by atoms with van der Waals surface area (Å²) < 4.78 is 10.1. The first kappa shape index (κ1) is 7.87. The molecule has 0 rings (SSSR count). The van der Waals surface area contributed by atoms with Gasteiger partial charge in [0.05, 0.1) is 0 Å². The number of alkyl halides is 1. The van der Waals surface area contributed by atoms with E-state index in [4.69, 9.17) is 16.5 Å². The maximum Gasteiger partial charge on any atom is 0.551 e. The minimum Gasteiger partial charge on any atom is -0.156 e. The maximum atomic E-state index is 10.1. The van der Waals surface area contributed by atoms with Gasteiger partial charge in [-0.05, 0) is 4.57 Å². The Morgan fingerprint density at radius 2 is 2.50 bits per heavy atom. The molecule has 0 radical (unpaired) electrons. The van der Waals surface area contributed by atoms with Crippen molar-refractivity contribution in [2.45, 2.75) is 0 Å². The molecule has 1 atom stereocenters. The Balaban J connectivity index is 4.14. The lowest BCUT2D eigenvalue weighted by Gasteiger charge is -1.71. The second-order valence-corrected chi connectivity index (χ2v) is 2.38. The molecular formula is C4H5ClO2P+. The molecule has 1 unspecified atom stereocenters. The van der Waals surface area contributed by atoms with E-state index in [0.717, 1.165) is 0 Å². The van der Waals surface area contributed by atoms with Gasteiger partial charge in [-0.25, -0.2) is 0 Å². The SMILES string of the molecule is C=C=C(CCl)[P+](=O)O. The molecule has 0 aromatic rings. The van der Waals surface area contributed by atoms with Gasteiger partial charge in [-0.1, -0.05) is 12.3 Å². The summed E-state index contributed by atoms with van der Waals surface area (Å²) in [5, 5.41) is 0.154. The number of rotatable bonds is 2. The second-order valence-electron chi connectivity index (χ2n) is 1.03. The fraction of sp³-hybridized carbons (Fsp3) is 0.250. The summed E-state index contributed by atoms with van der Waals surface area (Å²) in [5.41, 5.74) is 2.25. The molecule has 0 saturated heterocycles. The summed E-state index contributed by atoms with van der Waals surface area (Å²) in [4.78, 5) is 8.30. The normalized spacial score (nSPS) is 10.0. The highest BCUT2D eigenvalue weighted by atomic mass is 35.5. The van der Waals surface area contributed by atoms with Crippen molar-refractivity contribution in [1.82, 2.24) is 0 Å². The van der Waals surface area contributed by atoms with Gasteiger partial charge in [0.25, 0.3) is 5.31 Å². The van der Waals surface area contributed by atoms with Crippen molar-refractivity contribution in [3.8, 4) is 0 Å². The maximum absolute atomic E-state index is 10.1. The van der Waals surface area contributed by atoms with Crippen LogP contribution in [0, 0.1) is 0 Å². The first-order chi connectivity index (χ1) is 3.72. The number of hydrogen-bond donors (Lipinski definition) is 1. The molecule has 0 heterocycles. The Labute approximate surface area is 53.3 Å². The number of allylic oxidation sites excluding steroid dienone is 1. The summed E-state index contributed by atoms with van der Waals surface area (Å²) in [6.45, 7) is 3.16. The van der Waals surface area contributed by atoms with E-state index < -0.39 is 8.03 Å². The Kier molecular flexibility index (Phi) is 3.76. The van der Waals surface area contributed by atoms with E-state index >= 15 is 0 Å². The van der Waals surface area contributed by atoms with Gasteiger partial charge in [0.1, 0.15) is 5.88 Å². The molecule has 0 bridgehead atoms. The van der Waals surface area contributed by atoms with E-state index in [1.54, 1.807) is 0 Å². The van der Waals surface area contributed by atoms with Crippen LogP contribution in [0.1, 0.15) is 0 Å². The molecule has 0 aromatic carbocycles. The molecule has 8 heavy (non-hydrogen) atoms. The van der Waals surface area contributed by atoms with Crippen LogP contribution in [0.2, 0.25) is 0 Å². The molecule has 0 aliphatic carbocycles. The highest BCUT2D eigenvalue weighted by molar-refractivity contribution is 7.43. The van der Waals surface area contributed by atoms with Crippen LogP contribution in [0.3, 0.4) is 0 Å². The molecule has 1 N–H and O–H groups in total.